The second-order valence-electron chi connectivity index (χ2n) is 2.69. The third kappa shape index (κ3) is 2.50. The fourth-order valence-corrected chi connectivity index (χ4v) is 0.961. The number of benzene rings is 1. The van der Waals surface area contributed by atoms with Crippen LogP contribution in [0.15, 0.2) is 24.3 Å². The van der Waals surface area contributed by atoms with Crippen molar-refractivity contribution < 1.29 is 0 Å². The molecule has 3 heteroatoms. The van der Waals surface area contributed by atoms with Gasteiger partial charge in [-0.05, 0) is 25.1 Å². The monoisotopic (exact) mass is 171 g/mol. The molecule has 1 N–H and O–H groups in total. The van der Waals surface area contributed by atoms with E-state index in [9.17, 15) is 0 Å². The summed E-state index contributed by atoms with van der Waals surface area (Å²) in [4.78, 5) is 0. The van der Waals surface area contributed by atoms with Crippen LogP contribution in [0.1, 0.15) is 12.5 Å². The van der Waals surface area contributed by atoms with Gasteiger partial charge in [-0.1, -0.05) is 6.07 Å². The summed E-state index contributed by atoms with van der Waals surface area (Å²) in [6.45, 7) is 1.76. The van der Waals surface area contributed by atoms with E-state index in [0.29, 0.717) is 5.56 Å². The molecule has 0 saturated heterocycles. The van der Waals surface area contributed by atoms with Gasteiger partial charge in [0.15, 0.2) is 0 Å². The van der Waals surface area contributed by atoms with E-state index in [-0.39, 0.29) is 6.04 Å². The summed E-state index contributed by atoms with van der Waals surface area (Å²) in [7, 11) is 0. The lowest BCUT2D eigenvalue weighted by atomic mass is 10.2. The molecule has 13 heavy (non-hydrogen) atoms. The van der Waals surface area contributed by atoms with Crippen molar-refractivity contribution in [3.8, 4) is 12.1 Å². The van der Waals surface area contributed by atoms with E-state index >= 15 is 0 Å². The van der Waals surface area contributed by atoms with Gasteiger partial charge in [0, 0.05) is 5.69 Å². The third-order valence-electron chi connectivity index (χ3n) is 1.57. The predicted octanol–water partition coefficient (Wildman–Crippen LogP) is 1.88. The highest BCUT2D eigenvalue weighted by atomic mass is 14.9. The fourth-order valence-electron chi connectivity index (χ4n) is 0.961. The topological polar surface area (TPSA) is 59.6 Å². The van der Waals surface area contributed by atoms with Crippen molar-refractivity contribution in [1.82, 2.24) is 0 Å². The zero-order valence-electron chi connectivity index (χ0n) is 7.28. The van der Waals surface area contributed by atoms with Crippen molar-refractivity contribution in [3.63, 3.8) is 0 Å². The molecule has 0 saturated carbocycles. The predicted molar refractivity (Wildman–Crippen MR) is 49.9 cm³/mol. The van der Waals surface area contributed by atoms with Crippen molar-refractivity contribution in [2.75, 3.05) is 5.32 Å². The van der Waals surface area contributed by atoms with E-state index in [0.717, 1.165) is 5.69 Å². The Hall–Kier alpha value is -2.00. The molecule has 0 aliphatic carbocycles. The Morgan fingerprint density at radius 3 is 2.77 bits per heavy atom. The lowest BCUT2D eigenvalue weighted by molar-refractivity contribution is 1.01. The van der Waals surface area contributed by atoms with E-state index in [4.69, 9.17) is 10.5 Å². The molecule has 0 fully saturated rings. The molecule has 3 nitrogen and oxygen atoms in total. The number of nitriles is 2. The van der Waals surface area contributed by atoms with Gasteiger partial charge in [0.25, 0.3) is 0 Å². The van der Waals surface area contributed by atoms with Gasteiger partial charge >= 0.3 is 0 Å². The number of rotatable bonds is 2. The van der Waals surface area contributed by atoms with Gasteiger partial charge in [0.1, 0.15) is 6.04 Å². The minimum Gasteiger partial charge on any atom is -0.370 e. The van der Waals surface area contributed by atoms with Crippen LogP contribution in [0.5, 0.6) is 0 Å². The van der Waals surface area contributed by atoms with Crippen LogP contribution in [0.2, 0.25) is 0 Å². The highest BCUT2D eigenvalue weighted by Crippen LogP contribution is 2.10. The average Bonchev–Trinajstić information content (AvgIpc) is 2.18. The van der Waals surface area contributed by atoms with Crippen LogP contribution in [-0.2, 0) is 0 Å². The normalized spacial score (nSPS) is 11.0. The standard InChI is InChI=1S/C10H9N3/c1-8(6-11)13-10-4-2-3-9(5-10)7-12/h2-5,8,13H,1H3. The Kier molecular flexibility index (Phi) is 2.89. The first kappa shape index (κ1) is 9.09. The van der Waals surface area contributed by atoms with Gasteiger partial charge in [-0.25, -0.2) is 0 Å². The molecule has 1 aromatic carbocycles. The van der Waals surface area contributed by atoms with Crippen molar-refractivity contribution in [1.29, 1.82) is 10.5 Å². The van der Waals surface area contributed by atoms with Crippen molar-refractivity contribution in [2.24, 2.45) is 0 Å². The summed E-state index contributed by atoms with van der Waals surface area (Å²) in [6.07, 6.45) is 0. The maximum atomic E-state index is 8.61. The molecule has 0 heterocycles. The van der Waals surface area contributed by atoms with Crippen LogP contribution in [-0.4, -0.2) is 6.04 Å². The highest BCUT2D eigenvalue weighted by molar-refractivity contribution is 5.50. The first-order valence-electron chi connectivity index (χ1n) is 3.92. The highest BCUT2D eigenvalue weighted by Gasteiger charge is 1.99. The smallest absolute Gasteiger partial charge is 0.111 e. The van der Waals surface area contributed by atoms with Crippen LogP contribution < -0.4 is 5.32 Å². The molecule has 0 spiro atoms. The molecule has 1 aromatic rings. The van der Waals surface area contributed by atoms with Gasteiger partial charge < -0.3 is 5.32 Å². The minimum atomic E-state index is -0.242. The van der Waals surface area contributed by atoms with Gasteiger partial charge in [0.2, 0.25) is 0 Å². The molecule has 1 rings (SSSR count). The van der Waals surface area contributed by atoms with E-state index in [1.54, 1.807) is 25.1 Å². The van der Waals surface area contributed by atoms with Crippen molar-refractivity contribution in [2.45, 2.75) is 13.0 Å². The Morgan fingerprint density at radius 2 is 2.15 bits per heavy atom. The van der Waals surface area contributed by atoms with E-state index in [1.807, 2.05) is 12.1 Å². The molecular weight excluding hydrogens is 162 g/mol. The molecule has 0 aliphatic rings. The van der Waals surface area contributed by atoms with Gasteiger partial charge in [0.05, 0.1) is 17.7 Å². The summed E-state index contributed by atoms with van der Waals surface area (Å²) in [5.41, 5.74) is 1.39. The summed E-state index contributed by atoms with van der Waals surface area (Å²) in [6, 6.07) is 10.9. The largest absolute Gasteiger partial charge is 0.370 e. The summed E-state index contributed by atoms with van der Waals surface area (Å²) >= 11 is 0. The molecule has 64 valence electrons. The molecule has 1 atom stereocenters. The van der Waals surface area contributed by atoms with Crippen LogP contribution in [0.4, 0.5) is 5.69 Å². The molecule has 0 aliphatic heterocycles. The van der Waals surface area contributed by atoms with Crippen LogP contribution in [0, 0.1) is 22.7 Å². The fraction of sp³-hybridized carbons (Fsp3) is 0.200. The molecule has 1 unspecified atom stereocenters. The summed E-state index contributed by atoms with van der Waals surface area (Å²) in [5, 5.41) is 20.1. The second-order valence-corrected chi connectivity index (χ2v) is 2.69. The van der Waals surface area contributed by atoms with E-state index < -0.39 is 0 Å². The number of anilines is 1. The number of hydrogen-bond acceptors (Lipinski definition) is 3. The lowest BCUT2D eigenvalue weighted by Gasteiger charge is -2.06. The maximum absolute atomic E-state index is 8.61. The summed E-state index contributed by atoms with van der Waals surface area (Å²) in [5.74, 6) is 0. The molecular formula is C10H9N3. The van der Waals surface area contributed by atoms with Crippen LogP contribution in [0.3, 0.4) is 0 Å². The summed E-state index contributed by atoms with van der Waals surface area (Å²) < 4.78 is 0. The third-order valence-corrected chi connectivity index (χ3v) is 1.57. The zero-order valence-corrected chi connectivity index (χ0v) is 7.28. The first-order valence-corrected chi connectivity index (χ1v) is 3.92. The second kappa shape index (κ2) is 4.13. The van der Waals surface area contributed by atoms with Gasteiger partial charge in [-0.15, -0.1) is 0 Å². The minimum absolute atomic E-state index is 0.242. The van der Waals surface area contributed by atoms with Crippen LogP contribution in [0.25, 0.3) is 0 Å². The van der Waals surface area contributed by atoms with Crippen LogP contribution >= 0.6 is 0 Å². The van der Waals surface area contributed by atoms with Crippen molar-refractivity contribution in [3.05, 3.63) is 29.8 Å². The van der Waals surface area contributed by atoms with Gasteiger partial charge in [-0.3, -0.25) is 0 Å². The number of nitrogens with zero attached hydrogens (tertiary/aromatic N) is 2. The quantitative estimate of drug-likeness (QED) is 0.739. The number of nitrogens with one attached hydrogen (secondary N) is 1. The van der Waals surface area contributed by atoms with E-state index in [2.05, 4.69) is 11.4 Å². The molecule has 0 amide bonds. The molecule has 0 bridgehead atoms. The number of hydrogen-bond donors (Lipinski definition) is 1. The zero-order chi connectivity index (χ0) is 9.68. The molecule has 0 radical (unpaired) electrons. The Balaban J connectivity index is 2.80. The maximum Gasteiger partial charge on any atom is 0.111 e. The van der Waals surface area contributed by atoms with Gasteiger partial charge in [-0.2, -0.15) is 10.5 Å². The van der Waals surface area contributed by atoms with E-state index in [1.165, 1.54) is 0 Å². The Labute approximate surface area is 77.2 Å². The SMILES string of the molecule is CC(C#N)Nc1cccc(C#N)c1. The average molecular weight is 171 g/mol. The van der Waals surface area contributed by atoms with Crippen molar-refractivity contribution >= 4 is 5.69 Å². The Morgan fingerprint density at radius 1 is 1.38 bits per heavy atom. The first-order chi connectivity index (χ1) is 6.26. The molecule has 0 aromatic heterocycles. The lowest BCUT2D eigenvalue weighted by Crippen LogP contribution is -2.11. The Bertz CT molecular complexity index is 370.